The van der Waals surface area contributed by atoms with E-state index in [4.69, 9.17) is 5.73 Å². The van der Waals surface area contributed by atoms with Crippen molar-refractivity contribution in [3.8, 4) is 0 Å². The van der Waals surface area contributed by atoms with E-state index in [9.17, 15) is 8.42 Å². The van der Waals surface area contributed by atoms with Crippen LogP contribution in [-0.2, 0) is 15.3 Å². The Kier molecular flexibility index (Phi) is 3.04. The molecule has 1 aliphatic heterocycles. The zero-order valence-electron chi connectivity index (χ0n) is 9.22. The number of benzene rings is 1. The normalized spacial score (nSPS) is 28.8. The van der Waals surface area contributed by atoms with Crippen LogP contribution in [-0.4, -0.2) is 26.5 Å². The summed E-state index contributed by atoms with van der Waals surface area (Å²) in [5.41, 5.74) is 6.52. The Hall–Kier alpha value is -0.870. The largest absolute Gasteiger partial charge is 0.330 e. The van der Waals surface area contributed by atoms with Gasteiger partial charge in [-0.05, 0) is 18.4 Å². The van der Waals surface area contributed by atoms with Crippen molar-refractivity contribution in [1.29, 1.82) is 0 Å². The molecule has 1 atom stereocenters. The van der Waals surface area contributed by atoms with Crippen LogP contribution in [0.3, 0.4) is 0 Å². The molecule has 0 amide bonds. The number of hydrogen-bond acceptors (Lipinski definition) is 3. The van der Waals surface area contributed by atoms with E-state index in [1.807, 2.05) is 30.3 Å². The van der Waals surface area contributed by atoms with Gasteiger partial charge in [0.1, 0.15) is 0 Å². The Balaban J connectivity index is 2.40. The molecular weight excluding hydrogens is 222 g/mol. The fourth-order valence-corrected chi connectivity index (χ4v) is 4.49. The summed E-state index contributed by atoms with van der Waals surface area (Å²) < 4.78 is 23.5. The minimum Gasteiger partial charge on any atom is -0.330 e. The molecule has 1 saturated heterocycles. The van der Waals surface area contributed by atoms with Gasteiger partial charge in [-0.25, -0.2) is 8.42 Å². The maximum absolute atomic E-state index is 11.7. The first-order valence-corrected chi connectivity index (χ1v) is 7.36. The predicted octanol–water partition coefficient (Wildman–Crippen LogP) is 1.09. The molecule has 1 aromatic carbocycles. The van der Waals surface area contributed by atoms with Gasteiger partial charge in [-0.1, -0.05) is 30.3 Å². The van der Waals surface area contributed by atoms with Gasteiger partial charge in [0.25, 0.3) is 0 Å². The molecule has 0 spiro atoms. The summed E-state index contributed by atoms with van der Waals surface area (Å²) in [5.74, 6) is 0.502. The minimum atomic E-state index is -2.93. The molecule has 1 fully saturated rings. The molecule has 1 aromatic rings. The zero-order chi connectivity index (χ0) is 11.6. The highest BCUT2D eigenvalue weighted by Gasteiger charge is 2.39. The lowest BCUT2D eigenvalue weighted by atomic mass is 9.78. The molecule has 2 N–H and O–H groups in total. The summed E-state index contributed by atoms with van der Waals surface area (Å²) in [4.78, 5) is 0. The number of hydrogen-bond donors (Lipinski definition) is 1. The van der Waals surface area contributed by atoms with Crippen molar-refractivity contribution in [2.75, 3.05) is 18.1 Å². The van der Waals surface area contributed by atoms with Gasteiger partial charge in [0.05, 0.1) is 11.5 Å². The van der Waals surface area contributed by atoms with Crippen LogP contribution in [0.1, 0.15) is 18.4 Å². The molecule has 0 aromatic heterocycles. The van der Waals surface area contributed by atoms with Crippen LogP contribution in [0.5, 0.6) is 0 Å². The van der Waals surface area contributed by atoms with Crippen LogP contribution in [0.25, 0.3) is 0 Å². The van der Waals surface area contributed by atoms with Crippen molar-refractivity contribution < 1.29 is 8.42 Å². The number of nitrogens with two attached hydrogens (primary N) is 1. The molecule has 3 nitrogen and oxygen atoms in total. The summed E-state index contributed by atoms with van der Waals surface area (Å²) in [6.07, 6.45) is 1.58. The van der Waals surface area contributed by atoms with E-state index in [1.165, 1.54) is 0 Å². The first-order chi connectivity index (χ1) is 7.58. The molecule has 0 bridgehead atoms. The average Bonchev–Trinajstić information content (AvgIpc) is 2.29. The topological polar surface area (TPSA) is 60.2 Å². The van der Waals surface area contributed by atoms with Gasteiger partial charge in [-0.2, -0.15) is 0 Å². The molecule has 1 aliphatic rings. The number of rotatable bonds is 2. The fourth-order valence-electron chi connectivity index (χ4n) is 2.49. The van der Waals surface area contributed by atoms with Gasteiger partial charge in [-0.3, -0.25) is 0 Å². The molecule has 0 radical (unpaired) electrons. The summed E-state index contributed by atoms with van der Waals surface area (Å²) in [6, 6.07) is 9.77. The summed E-state index contributed by atoms with van der Waals surface area (Å²) in [7, 11) is -2.93. The van der Waals surface area contributed by atoms with E-state index in [0.717, 1.165) is 12.0 Å². The van der Waals surface area contributed by atoms with Gasteiger partial charge in [0.2, 0.25) is 0 Å². The van der Waals surface area contributed by atoms with Crippen LogP contribution in [0.2, 0.25) is 0 Å². The van der Waals surface area contributed by atoms with Crippen molar-refractivity contribution in [2.45, 2.75) is 18.3 Å². The van der Waals surface area contributed by atoms with E-state index in [1.54, 1.807) is 0 Å². The third-order valence-corrected chi connectivity index (χ3v) is 5.29. The van der Waals surface area contributed by atoms with Crippen molar-refractivity contribution in [2.24, 2.45) is 5.73 Å². The highest BCUT2D eigenvalue weighted by Crippen LogP contribution is 2.34. The van der Waals surface area contributed by atoms with E-state index in [0.29, 0.717) is 18.7 Å². The second-order valence-electron chi connectivity index (χ2n) is 4.55. The quantitative estimate of drug-likeness (QED) is 0.840. The SMILES string of the molecule is NCC1(c2ccccc2)CCCS(=O)(=O)C1. The van der Waals surface area contributed by atoms with Gasteiger partial charge < -0.3 is 5.73 Å². The van der Waals surface area contributed by atoms with E-state index in [-0.39, 0.29) is 11.2 Å². The monoisotopic (exact) mass is 239 g/mol. The Morgan fingerprint density at radius 1 is 1.25 bits per heavy atom. The fraction of sp³-hybridized carbons (Fsp3) is 0.500. The third kappa shape index (κ3) is 2.13. The minimum absolute atomic E-state index is 0.195. The van der Waals surface area contributed by atoms with Gasteiger partial charge in [0, 0.05) is 12.0 Å². The molecule has 4 heteroatoms. The van der Waals surface area contributed by atoms with Crippen LogP contribution in [0.15, 0.2) is 30.3 Å². The summed E-state index contributed by atoms with van der Waals surface area (Å²) >= 11 is 0. The zero-order valence-corrected chi connectivity index (χ0v) is 10.0. The van der Waals surface area contributed by atoms with Crippen LogP contribution in [0, 0.1) is 0 Å². The van der Waals surface area contributed by atoms with Crippen molar-refractivity contribution in [3.63, 3.8) is 0 Å². The van der Waals surface area contributed by atoms with E-state index in [2.05, 4.69) is 0 Å². The first-order valence-electron chi connectivity index (χ1n) is 5.54. The van der Waals surface area contributed by atoms with Crippen molar-refractivity contribution in [3.05, 3.63) is 35.9 Å². The lowest BCUT2D eigenvalue weighted by molar-refractivity contribution is 0.418. The van der Waals surface area contributed by atoms with Crippen molar-refractivity contribution in [1.82, 2.24) is 0 Å². The van der Waals surface area contributed by atoms with E-state index >= 15 is 0 Å². The summed E-state index contributed by atoms with van der Waals surface area (Å²) in [5, 5.41) is 0. The molecular formula is C12H17NO2S. The third-order valence-electron chi connectivity index (χ3n) is 3.38. The molecule has 1 unspecified atom stereocenters. The van der Waals surface area contributed by atoms with Crippen LogP contribution < -0.4 is 5.73 Å². The maximum Gasteiger partial charge on any atom is 0.151 e. The molecule has 16 heavy (non-hydrogen) atoms. The predicted molar refractivity (Wildman–Crippen MR) is 65.1 cm³/mol. The first kappa shape index (κ1) is 11.6. The summed E-state index contributed by atoms with van der Waals surface area (Å²) in [6.45, 7) is 0.399. The lowest BCUT2D eigenvalue weighted by Gasteiger charge is -2.36. The molecule has 1 heterocycles. The lowest BCUT2D eigenvalue weighted by Crippen LogP contribution is -2.45. The number of sulfone groups is 1. The second-order valence-corrected chi connectivity index (χ2v) is 6.73. The smallest absolute Gasteiger partial charge is 0.151 e. The highest BCUT2D eigenvalue weighted by atomic mass is 32.2. The Morgan fingerprint density at radius 2 is 1.94 bits per heavy atom. The standard InChI is InChI=1S/C12H17NO2S/c13-9-12(11-5-2-1-3-6-11)7-4-8-16(14,15)10-12/h1-3,5-6H,4,7-10,13H2. The molecule has 88 valence electrons. The average molecular weight is 239 g/mol. The molecule has 0 saturated carbocycles. The van der Waals surface area contributed by atoms with Crippen LogP contribution >= 0.6 is 0 Å². The van der Waals surface area contributed by atoms with Gasteiger partial charge >= 0.3 is 0 Å². The Labute approximate surface area is 96.6 Å². The molecule has 0 aliphatic carbocycles. The van der Waals surface area contributed by atoms with Gasteiger partial charge in [-0.15, -0.1) is 0 Å². The second kappa shape index (κ2) is 4.18. The Bertz CT molecular complexity index is 455. The maximum atomic E-state index is 11.7. The molecule has 2 rings (SSSR count). The van der Waals surface area contributed by atoms with Gasteiger partial charge in [0.15, 0.2) is 9.84 Å². The van der Waals surface area contributed by atoms with Crippen LogP contribution in [0.4, 0.5) is 0 Å². The van der Waals surface area contributed by atoms with E-state index < -0.39 is 9.84 Å². The Morgan fingerprint density at radius 3 is 2.50 bits per heavy atom. The highest BCUT2D eigenvalue weighted by molar-refractivity contribution is 7.91. The van der Waals surface area contributed by atoms with Crippen molar-refractivity contribution >= 4 is 9.84 Å².